The molecule has 0 spiro atoms. The third-order valence-electron chi connectivity index (χ3n) is 4.99. The van der Waals surface area contributed by atoms with Gasteiger partial charge in [-0.2, -0.15) is 0 Å². The molecule has 0 heterocycles. The molecule has 2 aromatic carbocycles. The van der Waals surface area contributed by atoms with E-state index in [1.165, 1.54) is 0 Å². The van der Waals surface area contributed by atoms with Gasteiger partial charge in [-0.25, -0.2) is 19.6 Å². The zero-order chi connectivity index (χ0) is 24.5. The Hall–Kier alpha value is -3.50. The Morgan fingerprint density at radius 3 is 1.41 bits per heavy atom. The highest BCUT2D eigenvalue weighted by Crippen LogP contribution is 2.24. The molecule has 12 heteroatoms. The van der Waals surface area contributed by atoms with Crippen molar-refractivity contribution in [2.45, 2.75) is 37.8 Å². The Balaban J connectivity index is 1.56. The number of guanidine groups is 2. The molecule has 0 aromatic heterocycles. The normalized spacial score (nSPS) is 18.6. The summed E-state index contributed by atoms with van der Waals surface area (Å²) in [4.78, 5) is 33.2. The Kier molecular flexibility index (Phi) is 8.94. The van der Waals surface area contributed by atoms with Crippen LogP contribution in [-0.2, 0) is 0 Å². The number of amides is 4. The van der Waals surface area contributed by atoms with Gasteiger partial charge in [0.25, 0.3) is 0 Å². The molecule has 8 N–H and O–H groups in total. The van der Waals surface area contributed by atoms with E-state index in [9.17, 15) is 9.59 Å². The Labute approximate surface area is 207 Å². The highest BCUT2D eigenvalue weighted by atomic mass is 35.5. The second-order valence-electron chi connectivity index (χ2n) is 7.62. The Morgan fingerprint density at radius 2 is 1.06 bits per heavy atom. The summed E-state index contributed by atoms with van der Waals surface area (Å²) >= 11 is 11.7. The molecule has 1 fully saturated rings. The van der Waals surface area contributed by atoms with Gasteiger partial charge in [0.15, 0.2) is 11.9 Å². The van der Waals surface area contributed by atoms with Gasteiger partial charge >= 0.3 is 12.1 Å². The molecule has 0 saturated heterocycles. The average Bonchev–Trinajstić information content (AvgIpc) is 2.78. The maximum atomic E-state index is 12.2. The van der Waals surface area contributed by atoms with E-state index >= 15 is 0 Å². The first-order valence-corrected chi connectivity index (χ1v) is 11.4. The number of halogens is 2. The first-order valence-electron chi connectivity index (χ1n) is 10.6. The van der Waals surface area contributed by atoms with Crippen molar-refractivity contribution in [1.29, 1.82) is 0 Å². The van der Waals surface area contributed by atoms with Crippen LogP contribution in [0.5, 0.6) is 0 Å². The number of nitrogens with zero attached hydrogens (tertiary/aromatic N) is 2. The highest BCUT2D eigenvalue weighted by Gasteiger charge is 2.25. The molecular weight excluding hydrogens is 479 g/mol. The minimum atomic E-state index is -0.528. The number of rotatable bonds is 4. The molecule has 3 rings (SSSR count). The van der Waals surface area contributed by atoms with Gasteiger partial charge in [0.05, 0.1) is 12.1 Å². The van der Waals surface area contributed by atoms with Gasteiger partial charge in [-0.05, 0) is 61.4 Å². The van der Waals surface area contributed by atoms with Gasteiger partial charge in [0.1, 0.15) is 0 Å². The third kappa shape index (κ3) is 8.13. The van der Waals surface area contributed by atoms with Crippen LogP contribution in [0.15, 0.2) is 58.5 Å². The number of benzene rings is 2. The fraction of sp³-hybridized carbons (Fsp3) is 0.273. The summed E-state index contributed by atoms with van der Waals surface area (Å²) < 4.78 is 0. The summed E-state index contributed by atoms with van der Waals surface area (Å²) in [6.07, 6.45) is 3.32. The number of carbonyl (C=O) groups is 2. The molecule has 0 aliphatic heterocycles. The highest BCUT2D eigenvalue weighted by molar-refractivity contribution is 6.31. The lowest BCUT2D eigenvalue weighted by molar-refractivity contribution is 0.255. The Bertz CT molecular complexity index is 972. The zero-order valence-electron chi connectivity index (χ0n) is 18.2. The van der Waals surface area contributed by atoms with Crippen molar-refractivity contribution < 1.29 is 9.59 Å². The van der Waals surface area contributed by atoms with Gasteiger partial charge in [0.2, 0.25) is 0 Å². The lowest BCUT2D eigenvalue weighted by Gasteiger charge is -2.26. The van der Waals surface area contributed by atoms with Crippen LogP contribution in [0.4, 0.5) is 21.0 Å². The number of nitrogens with two attached hydrogens (primary N) is 2. The number of anilines is 2. The predicted octanol–water partition coefficient (Wildman–Crippen LogP) is 3.88. The fourth-order valence-electron chi connectivity index (χ4n) is 3.44. The van der Waals surface area contributed by atoms with Gasteiger partial charge in [0, 0.05) is 21.4 Å². The van der Waals surface area contributed by atoms with E-state index in [2.05, 4.69) is 31.3 Å². The van der Waals surface area contributed by atoms with Crippen molar-refractivity contribution in [3.05, 3.63) is 58.6 Å². The third-order valence-corrected chi connectivity index (χ3v) is 5.50. The first-order chi connectivity index (χ1) is 16.3. The fourth-order valence-corrected chi connectivity index (χ4v) is 3.69. The molecule has 2 atom stereocenters. The smallest absolute Gasteiger partial charge is 0.325 e. The monoisotopic (exact) mass is 504 g/mol. The van der Waals surface area contributed by atoms with Crippen LogP contribution < -0.4 is 32.7 Å². The zero-order valence-corrected chi connectivity index (χ0v) is 19.7. The lowest BCUT2D eigenvalue weighted by Crippen LogP contribution is -2.43. The summed E-state index contributed by atoms with van der Waals surface area (Å²) in [5, 5.41) is 11.4. The summed E-state index contributed by atoms with van der Waals surface area (Å²) in [5.74, 6) is -0.0730. The van der Waals surface area contributed by atoms with Crippen molar-refractivity contribution in [1.82, 2.24) is 10.6 Å². The van der Waals surface area contributed by atoms with Crippen molar-refractivity contribution in [2.24, 2.45) is 21.5 Å². The molecule has 34 heavy (non-hydrogen) atoms. The predicted molar refractivity (Wildman–Crippen MR) is 137 cm³/mol. The molecule has 0 radical (unpaired) electrons. The molecule has 2 unspecified atom stereocenters. The maximum absolute atomic E-state index is 12.2. The first kappa shape index (κ1) is 25.1. The van der Waals surface area contributed by atoms with E-state index in [1.807, 2.05) is 0 Å². The summed E-state index contributed by atoms with van der Waals surface area (Å²) in [5.41, 5.74) is 13.0. The second kappa shape index (κ2) is 12.1. The van der Waals surface area contributed by atoms with Gasteiger partial charge in [-0.3, -0.25) is 10.6 Å². The summed E-state index contributed by atoms with van der Waals surface area (Å²) in [7, 11) is 0. The van der Waals surface area contributed by atoms with Gasteiger partial charge in [-0.15, -0.1) is 0 Å². The van der Waals surface area contributed by atoms with Crippen LogP contribution in [0.1, 0.15) is 25.7 Å². The van der Waals surface area contributed by atoms with Crippen LogP contribution in [0.3, 0.4) is 0 Å². The molecule has 1 aliphatic carbocycles. The van der Waals surface area contributed by atoms with Crippen LogP contribution in [-0.4, -0.2) is 36.1 Å². The quantitative estimate of drug-likeness (QED) is 0.275. The molecule has 1 aliphatic rings. The van der Waals surface area contributed by atoms with Crippen LogP contribution in [0, 0.1) is 0 Å². The van der Waals surface area contributed by atoms with E-state index in [0.29, 0.717) is 21.4 Å². The number of carbonyl (C=O) groups excluding carboxylic acids is 2. The van der Waals surface area contributed by atoms with Crippen molar-refractivity contribution >= 4 is 58.6 Å². The van der Waals surface area contributed by atoms with Crippen LogP contribution >= 0.6 is 23.2 Å². The minimum absolute atomic E-state index is 0.0365. The number of hydrogen-bond acceptors (Lipinski definition) is 4. The SMILES string of the molecule is NC(=NC1CCCCC1N=C(N)NC(=O)Nc1ccc(Cl)cc1)NC(=O)Nc1ccc(Cl)cc1. The maximum Gasteiger partial charge on any atom is 0.325 e. The minimum Gasteiger partial charge on any atom is -0.370 e. The van der Waals surface area contributed by atoms with Gasteiger partial charge in [-0.1, -0.05) is 36.0 Å². The van der Waals surface area contributed by atoms with Crippen molar-refractivity contribution in [3.63, 3.8) is 0 Å². The van der Waals surface area contributed by atoms with Crippen LogP contribution in [0.25, 0.3) is 0 Å². The topological polar surface area (TPSA) is 159 Å². The standard InChI is InChI=1S/C22H26Cl2N8O2/c23-13-5-9-15(10-6-13)27-21(33)31-19(25)29-17-3-1-2-4-18(17)30-20(26)32-22(34)28-16-11-7-14(24)8-12-16/h5-12,17-18H,1-4H2,(H4,25,27,29,31,33)(H4,26,28,30,32,34). The molecular formula is C22H26Cl2N8O2. The van der Waals surface area contributed by atoms with Gasteiger partial charge < -0.3 is 22.1 Å². The van der Waals surface area contributed by atoms with E-state index < -0.39 is 12.1 Å². The van der Waals surface area contributed by atoms with E-state index in [-0.39, 0.29) is 24.0 Å². The number of nitrogens with one attached hydrogen (secondary N) is 4. The lowest BCUT2D eigenvalue weighted by atomic mass is 9.91. The summed E-state index contributed by atoms with van der Waals surface area (Å²) in [6.45, 7) is 0. The molecule has 1 saturated carbocycles. The Morgan fingerprint density at radius 1 is 0.706 bits per heavy atom. The number of urea groups is 2. The molecule has 10 nitrogen and oxygen atoms in total. The van der Waals surface area contributed by atoms with E-state index in [1.54, 1.807) is 48.5 Å². The number of hydrogen-bond donors (Lipinski definition) is 6. The van der Waals surface area contributed by atoms with Crippen molar-refractivity contribution in [3.8, 4) is 0 Å². The van der Waals surface area contributed by atoms with Crippen LogP contribution in [0.2, 0.25) is 10.0 Å². The van der Waals surface area contributed by atoms with Crippen molar-refractivity contribution in [2.75, 3.05) is 10.6 Å². The second-order valence-corrected chi connectivity index (χ2v) is 8.49. The molecule has 0 bridgehead atoms. The average molecular weight is 505 g/mol. The van der Waals surface area contributed by atoms with E-state index in [0.717, 1.165) is 25.7 Å². The summed E-state index contributed by atoms with van der Waals surface area (Å²) in [6, 6.07) is 11.7. The molecule has 180 valence electrons. The number of aliphatic imine (C=N–C) groups is 2. The molecule has 4 amide bonds. The molecule has 2 aromatic rings. The largest absolute Gasteiger partial charge is 0.370 e. The van der Waals surface area contributed by atoms with E-state index in [4.69, 9.17) is 34.7 Å².